The molecule has 0 unspecified atom stereocenters. The van der Waals surface area contributed by atoms with Gasteiger partial charge in [0.1, 0.15) is 11.3 Å². The summed E-state index contributed by atoms with van der Waals surface area (Å²) in [4.78, 5) is 12.8. The Kier molecular flexibility index (Phi) is 4.17. The van der Waals surface area contributed by atoms with E-state index in [0.29, 0.717) is 0 Å². The smallest absolute Gasteiger partial charge is 0.270 e. The molecule has 1 aromatic carbocycles. The highest BCUT2D eigenvalue weighted by Crippen LogP contribution is 2.24. The van der Waals surface area contributed by atoms with Crippen molar-refractivity contribution >= 4 is 16.7 Å². The van der Waals surface area contributed by atoms with Crippen molar-refractivity contribution in [3.63, 3.8) is 0 Å². The fraction of sp³-hybridized carbons (Fsp3) is 0.467. The number of nitro benzene ring substituents is 1. The highest BCUT2D eigenvalue weighted by atomic mass is 16.6. The predicted molar refractivity (Wildman–Crippen MR) is 80.5 cm³/mol. The monoisotopic (exact) mass is 289 g/mol. The molecule has 0 amide bonds. The fourth-order valence-corrected chi connectivity index (χ4v) is 2.73. The van der Waals surface area contributed by atoms with Crippen molar-refractivity contribution in [1.82, 2.24) is 10.2 Å². The molecule has 1 saturated heterocycles. The summed E-state index contributed by atoms with van der Waals surface area (Å²) in [5.41, 5.74) is 0.827. The van der Waals surface area contributed by atoms with Gasteiger partial charge in [0.05, 0.1) is 4.92 Å². The van der Waals surface area contributed by atoms with Crippen molar-refractivity contribution < 1.29 is 9.34 Å². The maximum atomic E-state index is 10.8. The van der Waals surface area contributed by atoms with E-state index in [1.54, 1.807) is 12.1 Å². The van der Waals surface area contributed by atoms with E-state index in [4.69, 9.17) is 4.42 Å². The van der Waals surface area contributed by atoms with Crippen LogP contribution in [0.2, 0.25) is 0 Å². The van der Waals surface area contributed by atoms with E-state index in [0.717, 1.165) is 62.3 Å². The molecule has 6 heteroatoms. The molecule has 0 bridgehead atoms. The van der Waals surface area contributed by atoms with Crippen LogP contribution >= 0.6 is 0 Å². The second kappa shape index (κ2) is 6.24. The van der Waals surface area contributed by atoms with E-state index < -0.39 is 0 Å². The van der Waals surface area contributed by atoms with Crippen LogP contribution in [0.4, 0.5) is 5.69 Å². The van der Waals surface area contributed by atoms with Gasteiger partial charge in [-0.15, -0.1) is 0 Å². The average Bonchev–Trinajstić information content (AvgIpc) is 2.90. The van der Waals surface area contributed by atoms with E-state index in [9.17, 15) is 10.1 Å². The summed E-state index contributed by atoms with van der Waals surface area (Å²) in [5, 5.41) is 14.9. The molecule has 1 fully saturated rings. The van der Waals surface area contributed by atoms with Crippen LogP contribution in [0.5, 0.6) is 0 Å². The minimum absolute atomic E-state index is 0.107. The Balaban J connectivity index is 1.60. The Morgan fingerprint density at radius 1 is 1.29 bits per heavy atom. The Bertz CT molecular complexity index is 632. The second-order valence-electron chi connectivity index (χ2n) is 5.39. The first-order valence-corrected chi connectivity index (χ1v) is 7.32. The SMILES string of the molecule is O=[N+]([O-])c1ccc2oc(CCCN3CCNCC3)cc2c1. The third-order valence-electron chi connectivity index (χ3n) is 3.87. The topological polar surface area (TPSA) is 71.5 Å². The van der Waals surface area contributed by atoms with Crippen molar-refractivity contribution in [2.45, 2.75) is 12.8 Å². The summed E-state index contributed by atoms with van der Waals surface area (Å²) in [6, 6.07) is 6.64. The first kappa shape index (κ1) is 14.0. The Morgan fingerprint density at radius 3 is 2.86 bits per heavy atom. The summed E-state index contributed by atoms with van der Waals surface area (Å²) in [6.07, 6.45) is 1.91. The number of nitrogens with one attached hydrogen (secondary N) is 1. The summed E-state index contributed by atoms with van der Waals surface area (Å²) in [6.45, 7) is 5.40. The molecule has 0 aliphatic carbocycles. The number of fused-ring (bicyclic) bond motifs is 1. The van der Waals surface area contributed by atoms with Gasteiger partial charge in [-0.2, -0.15) is 0 Å². The summed E-state index contributed by atoms with van der Waals surface area (Å²) in [5.74, 6) is 0.903. The van der Waals surface area contributed by atoms with Gasteiger partial charge in [0.15, 0.2) is 0 Å². The number of aryl methyl sites for hydroxylation is 1. The molecule has 0 saturated carbocycles. The molecule has 0 atom stereocenters. The molecule has 1 aromatic heterocycles. The Morgan fingerprint density at radius 2 is 2.10 bits per heavy atom. The van der Waals surface area contributed by atoms with Crippen LogP contribution in [0.25, 0.3) is 11.0 Å². The molecule has 0 radical (unpaired) electrons. The van der Waals surface area contributed by atoms with Crippen LogP contribution in [0.1, 0.15) is 12.2 Å². The Labute approximate surface area is 122 Å². The van der Waals surface area contributed by atoms with Gasteiger partial charge in [-0.25, -0.2) is 0 Å². The maximum absolute atomic E-state index is 10.8. The molecule has 2 aromatic rings. The number of hydrogen-bond donors (Lipinski definition) is 1. The molecule has 112 valence electrons. The second-order valence-corrected chi connectivity index (χ2v) is 5.39. The lowest BCUT2D eigenvalue weighted by Crippen LogP contribution is -2.43. The molecule has 1 aliphatic heterocycles. The normalized spacial score (nSPS) is 16.4. The quantitative estimate of drug-likeness (QED) is 0.674. The minimum Gasteiger partial charge on any atom is -0.461 e. The predicted octanol–water partition coefficient (Wildman–Crippen LogP) is 2.18. The first-order chi connectivity index (χ1) is 10.2. The molecule has 1 N–H and O–H groups in total. The molecule has 2 heterocycles. The van der Waals surface area contributed by atoms with Crippen molar-refractivity contribution in [2.75, 3.05) is 32.7 Å². The van der Waals surface area contributed by atoms with E-state index in [1.165, 1.54) is 6.07 Å². The first-order valence-electron chi connectivity index (χ1n) is 7.32. The van der Waals surface area contributed by atoms with E-state index >= 15 is 0 Å². The molecule has 1 aliphatic rings. The molecular weight excluding hydrogens is 270 g/mol. The maximum Gasteiger partial charge on any atom is 0.270 e. The third kappa shape index (κ3) is 3.40. The number of non-ortho nitro benzene ring substituents is 1. The number of rotatable bonds is 5. The van der Waals surface area contributed by atoms with E-state index in [-0.39, 0.29) is 10.6 Å². The lowest BCUT2D eigenvalue weighted by atomic mass is 10.2. The van der Waals surface area contributed by atoms with Crippen LogP contribution in [0.15, 0.2) is 28.7 Å². The van der Waals surface area contributed by atoms with Gasteiger partial charge in [0.25, 0.3) is 5.69 Å². The number of piperazine rings is 1. The third-order valence-corrected chi connectivity index (χ3v) is 3.87. The van der Waals surface area contributed by atoms with Gasteiger partial charge in [0, 0.05) is 50.1 Å². The lowest BCUT2D eigenvalue weighted by molar-refractivity contribution is -0.384. The molecule has 3 rings (SSSR count). The summed E-state index contributed by atoms with van der Waals surface area (Å²) in [7, 11) is 0. The average molecular weight is 289 g/mol. The largest absolute Gasteiger partial charge is 0.461 e. The minimum atomic E-state index is -0.378. The Hall–Kier alpha value is -1.92. The van der Waals surface area contributed by atoms with Crippen molar-refractivity contribution in [3.8, 4) is 0 Å². The van der Waals surface area contributed by atoms with Gasteiger partial charge in [-0.05, 0) is 25.1 Å². The highest BCUT2D eigenvalue weighted by Gasteiger charge is 2.12. The lowest BCUT2D eigenvalue weighted by Gasteiger charge is -2.26. The molecule has 6 nitrogen and oxygen atoms in total. The van der Waals surface area contributed by atoms with Gasteiger partial charge in [-0.1, -0.05) is 0 Å². The van der Waals surface area contributed by atoms with Gasteiger partial charge in [0.2, 0.25) is 0 Å². The zero-order chi connectivity index (χ0) is 14.7. The van der Waals surface area contributed by atoms with Gasteiger partial charge < -0.3 is 14.6 Å². The zero-order valence-electron chi connectivity index (χ0n) is 11.9. The van der Waals surface area contributed by atoms with Crippen molar-refractivity contribution in [1.29, 1.82) is 0 Å². The van der Waals surface area contributed by atoms with E-state index in [1.807, 2.05) is 6.07 Å². The number of nitrogens with zero attached hydrogens (tertiary/aromatic N) is 2. The highest BCUT2D eigenvalue weighted by molar-refractivity contribution is 5.80. The van der Waals surface area contributed by atoms with Gasteiger partial charge >= 0.3 is 0 Å². The fourth-order valence-electron chi connectivity index (χ4n) is 2.73. The molecular formula is C15H19N3O3. The van der Waals surface area contributed by atoms with Crippen LogP contribution in [0, 0.1) is 10.1 Å². The van der Waals surface area contributed by atoms with Crippen molar-refractivity contribution in [3.05, 3.63) is 40.1 Å². The number of furan rings is 1. The summed E-state index contributed by atoms with van der Waals surface area (Å²) < 4.78 is 5.74. The number of nitro groups is 1. The van der Waals surface area contributed by atoms with Gasteiger partial charge in [-0.3, -0.25) is 10.1 Å². The van der Waals surface area contributed by atoms with Crippen LogP contribution < -0.4 is 5.32 Å². The van der Waals surface area contributed by atoms with E-state index in [2.05, 4.69) is 10.2 Å². The van der Waals surface area contributed by atoms with Crippen LogP contribution in [-0.2, 0) is 6.42 Å². The zero-order valence-corrected chi connectivity index (χ0v) is 11.9. The van der Waals surface area contributed by atoms with Crippen LogP contribution in [0.3, 0.4) is 0 Å². The number of hydrogen-bond acceptors (Lipinski definition) is 5. The standard InChI is InChI=1S/C15H19N3O3/c19-18(20)13-3-4-15-12(10-13)11-14(21-15)2-1-7-17-8-5-16-6-9-17/h3-4,10-11,16H,1-2,5-9H2. The van der Waals surface area contributed by atoms with Crippen LogP contribution in [-0.4, -0.2) is 42.5 Å². The summed E-state index contributed by atoms with van der Waals surface area (Å²) >= 11 is 0. The molecule has 0 spiro atoms. The van der Waals surface area contributed by atoms with Crippen molar-refractivity contribution in [2.24, 2.45) is 0 Å². The number of benzene rings is 1. The molecule has 21 heavy (non-hydrogen) atoms.